The molecule has 2 aliphatic rings. The van der Waals surface area contributed by atoms with Crippen LogP contribution in [-0.2, 0) is 33.5 Å². The minimum absolute atomic E-state index is 0.0839. The van der Waals surface area contributed by atoms with Gasteiger partial charge in [-0.05, 0) is 0 Å². The summed E-state index contributed by atoms with van der Waals surface area (Å²) in [6.07, 6.45) is 0. The van der Waals surface area contributed by atoms with Gasteiger partial charge < -0.3 is 30.5 Å². The van der Waals surface area contributed by atoms with Crippen LogP contribution in [0.4, 0.5) is 5.13 Å². The van der Waals surface area contributed by atoms with Gasteiger partial charge in [-0.15, -0.1) is 11.3 Å². The number of oxime groups is 1. The molecule has 2 atom stereocenters. The summed E-state index contributed by atoms with van der Waals surface area (Å²) in [6.45, 7) is 0.895. The number of nitrogens with zero attached hydrogens (tertiary/aromatic N) is 3. The molecule has 3 rings (SSSR count). The number of hydrogen-bond acceptors (Lipinski definition) is 12. The van der Waals surface area contributed by atoms with E-state index in [2.05, 4.69) is 15.5 Å². The largest absolute Gasteiger partial charge is 0.477 e. The maximum atomic E-state index is 12.9. The van der Waals surface area contributed by atoms with Crippen molar-refractivity contribution in [3.63, 3.8) is 0 Å². The van der Waals surface area contributed by atoms with Gasteiger partial charge >= 0.3 is 11.9 Å². The van der Waals surface area contributed by atoms with Crippen LogP contribution in [0.25, 0.3) is 0 Å². The minimum atomic E-state index is -1.51. The van der Waals surface area contributed by atoms with E-state index in [1.54, 1.807) is 0 Å². The number of fused-ring (bicyclic) bond motifs is 1. The number of carboxylic acids is 1. The molecule has 0 radical (unpaired) electrons. The number of esters is 1. The van der Waals surface area contributed by atoms with E-state index in [0.717, 1.165) is 28.0 Å². The highest BCUT2D eigenvalue weighted by Crippen LogP contribution is 2.50. The first-order chi connectivity index (χ1) is 15.2. The van der Waals surface area contributed by atoms with Gasteiger partial charge in [-0.2, -0.15) is 0 Å². The van der Waals surface area contributed by atoms with Gasteiger partial charge in [-0.1, -0.05) is 16.9 Å². The lowest BCUT2D eigenvalue weighted by Gasteiger charge is -2.57. The first-order valence-corrected chi connectivity index (χ1v) is 10.8. The van der Waals surface area contributed by atoms with Crippen molar-refractivity contribution in [2.45, 2.75) is 18.0 Å². The van der Waals surface area contributed by atoms with E-state index < -0.39 is 34.9 Å². The molecule has 32 heavy (non-hydrogen) atoms. The Kier molecular flexibility index (Phi) is 6.71. The Labute approximate surface area is 189 Å². The van der Waals surface area contributed by atoms with E-state index in [0.29, 0.717) is 0 Å². The number of nitrogens with one attached hydrogen (secondary N) is 1. The van der Waals surface area contributed by atoms with Gasteiger partial charge in [0.1, 0.15) is 25.1 Å². The number of methoxy groups -OCH3 is 1. The SMILES string of the molecule is CON=C(C(=O)N[C@H]1C(=O)N2C(C(=O)O)=C(COC(C)=O)CSC12OC)c1csc(N)n1. The number of ether oxygens (including phenoxy) is 2. The molecule has 1 saturated heterocycles. The van der Waals surface area contributed by atoms with Crippen molar-refractivity contribution < 1.29 is 38.6 Å². The fourth-order valence-corrected chi connectivity index (χ4v) is 5.09. The average Bonchev–Trinajstić information content (AvgIpc) is 3.18. The van der Waals surface area contributed by atoms with E-state index in [1.165, 1.54) is 26.5 Å². The topological polar surface area (TPSA) is 183 Å². The van der Waals surface area contributed by atoms with Crippen molar-refractivity contribution in [3.8, 4) is 0 Å². The smallest absolute Gasteiger partial charge is 0.352 e. The fourth-order valence-electron chi connectivity index (χ4n) is 3.19. The molecule has 172 valence electrons. The van der Waals surface area contributed by atoms with Gasteiger partial charge in [0.2, 0.25) is 5.06 Å². The zero-order valence-corrected chi connectivity index (χ0v) is 18.7. The number of nitrogens with two attached hydrogens (primary N) is 1. The molecule has 0 aliphatic carbocycles. The van der Waals surface area contributed by atoms with Crippen molar-refractivity contribution in [2.24, 2.45) is 5.16 Å². The number of aromatic nitrogens is 1. The number of rotatable bonds is 8. The molecule has 3 heterocycles. The molecule has 2 aliphatic heterocycles. The lowest BCUT2D eigenvalue weighted by molar-refractivity contribution is -0.186. The third kappa shape index (κ3) is 4.01. The molecule has 0 aromatic carbocycles. The Morgan fingerprint density at radius 3 is 2.69 bits per heavy atom. The molecule has 4 N–H and O–H groups in total. The molecule has 15 heteroatoms. The predicted octanol–water partition coefficient (Wildman–Crippen LogP) is -0.648. The summed E-state index contributed by atoms with van der Waals surface area (Å²) in [5.74, 6) is -3.42. The molecule has 1 aromatic rings. The number of anilines is 1. The summed E-state index contributed by atoms with van der Waals surface area (Å²) in [6, 6.07) is -1.23. The first kappa shape index (κ1) is 23.5. The number of carbonyl (C=O) groups is 4. The minimum Gasteiger partial charge on any atom is -0.477 e. The van der Waals surface area contributed by atoms with Gasteiger partial charge in [-0.25, -0.2) is 9.78 Å². The third-order valence-electron chi connectivity index (χ3n) is 4.54. The van der Waals surface area contributed by atoms with Crippen LogP contribution >= 0.6 is 23.1 Å². The summed E-state index contributed by atoms with van der Waals surface area (Å²) in [5, 5.41) is 16.1. The first-order valence-electron chi connectivity index (χ1n) is 8.91. The number of thiazole rings is 1. The highest BCUT2D eigenvalue weighted by Gasteiger charge is 2.67. The van der Waals surface area contributed by atoms with Crippen LogP contribution in [0.5, 0.6) is 0 Å². The Morgan fingerprint density at radius 2 is 2.16 bits per heavy atom. The number of carbonyl (C=O) groups excluding carboxylic acids is 3. The van der Waals surface area contributed by atoms with Crippen LogP contribution in [0.15, 0.2) is 21.8 Å². The molecule has 13 nitrogen and oxygen atoms in total. The molecular weight excluding hydrogens is 466 g/mol. The van der Waals surface area contributed by atoms with Crippen LogP contribution in [-0.4, -0.2) is 82.1 Å². The fraction of sp³-hybridized carbons (Fsp3) is 0.412. The lowest BCUT2D eigenvalue weighted by atomic mass is 9.99. The van der Waals surface area contributed by atoms with Gasteiger partial charge in [0, 0.05) is 30.7 Å². The third-order valence-corrected chi connectivity index (χ3v) is 6.70. The number of thioether (sulfide) groups is 1. The lowest BCUT2D eigenvalue weighted by Crippen LogP contribution is -2.79. The van der Waals surface area contributed by atoms with Crippen LogP contribution in [0, 0.1) is 0 Å². The van der Waals surface area contributed by atoms with E-state index in [9.17, 15) is 24.3 Å². The number of aliphatic carboxylic acids is 1. The monoisotopic (exact) mass is 485 g/mol. The summed E-state index contributed by atoms with van der Waals surface area (Å²) in [4.78, 5) is 58.5. The van der Waals surface area contributed by atoms with Crippen molar-refractivity contribution in [3.05, 3.63) is 22.3 Å². The van der Waals surface area contributed by atoms with E-state index in [1.807, 2.05) is 0 Å². The van der Waals surface area contributed by atoms with Crippen molar-refractivity contribution in [1.82, 2.24) is 15.2 Å². The normalized spacial score (nSPS) is 22.7. The zero-order chi connectivity index (χ0) is 23.6. The quantitative estimate of drug-likeness (QED) is 0.184. The second-order valence-corrected chi connectivity index (χ2v) is 8.49. The molecule has 1 unspecified atom stereocenters. The van der Waals surface area contributed by atoms with Gasteiger partial charge in [0.15, 0.2) is 16.9 Å². The molecule has 0 saturated carbocycles. The summed E-state index contributed by atoms with van der Waals surface area (Å²) < 4.78 is 10.4. The summed E-state index contributed by atoms with van der Waals surface area (Å²) >= 11 is 2.16. The number of nitrogen functional groups attached to an aromatic ring is 1. The Hall–Kier alpha value is -3.17. The number of amides is 2. The van der Waals surface area contributed by atoms with Crippen LogP contribution in [0.2, 0.25) is 0 Å². The number of β-lactam (4-membered cyclic amide) rings is 1. The average molecular weight is 486 g/mol. The molecule has 2 amide bonds. The van der Waals surface area contributed by atoms with Crippen molar-refractivity contribution in [2.75, 3.05) is 32.3 Å². The predicted molar refractivity (Wildman–Crippen MR) is 112 cm³/mol. The van der Waals surface area contributed by atoms with Gasteiger partial charge in [0.25, 0.3) is 11.8 Å². The van der Waals surface area contributed by atoms with Crippen molar-refractivity contribution in [1.29, 1.82) is 0 Å². The van der Waals surface area contributed by atoms with Crippen molar-refractivity contribution >= 4 is 57.7 Å². The summed E-state index contributed by atoms with van der Waals surface area (Å²) in [7, 11) is 2.52. The molecule has 1 aromatic heterocycles. The molecule has 0 bridgehead atoms. The maximum absolute atomic E-state index is 12.9. The molecular formula is C17H19N5O8S2. The van der Waals surface area contributed by atoms with E-state index in [-0.39, 0.29) is 40.2 Å². The van der Waals surface area contributed by atoms with Crippen LogP contribution in [0.3, 0.4) is 0 Å². The standard InChI is InChI=1S/C17H19N5O8S2/c1-7(23)30-4-8-5-32-17(28-2)12(14(25)22(17)11(8)15(26)27)20-13(24)10(21-29-3)9-6-31-16(18)19-9/h6,12H,4-5H2,1-3H3,(H2,18,19)(H,20,24)(H,26,27)/t12-,17?/m0/s1. The highest BCUT2D eigenvalue weighted by molar-refractivity contribution is 8.00. The second-order valence-electron chi connectivity index (χ2n) is 6.43. The highest BCUT2D eigenvalue weighted by atomic mass is 32.2. The van der Waals surface area contributed by atoms with Gasteiger partial charge in [0.05, 0.1) is 0 Å². The van der Waals surface area contributed by atoms with Crippen LogP contribution < -0.4 is 11.1 Å². The second kappa shape index (κ2) is 9.13. The number of hydrogen-bond donors (Lipinski definition) is 3. The number of carboxylic acid groups (broad SMARTS) is 1. The Balaban J connectivity index is 1.89. The zero-order valence-electron chi connectivity index (χ0n) is 17.1. The Morgan fingerprint density at radius 1 is 1.44 bits per heavy atom. The van der Waals surface area contributed by atoms with E-state index in [4.69, 9.17) is 20.0 Å². The Bertz CT molecular complexity index is 1040. The van der Waals surface area contributed by atoms with Crippen LogP contribution in [0.1, 0.15) is 12.6 Å². The van der Waals surface area contributed by atoms with Gasteiger partial charge in [-0.3, -0.25) is 19.3 Å². The molecule has 0 spiro atoms. The summed E-state index contributed by atoms with van der Waals surface area (Å²) in [5.41, 5.74) is 5.40. The van der Waals surface area contributed by atoms with E-state index >= 15 is 0 Å². The molecule has 1 fully saturated rings. The maximum Gasteiger partial charge on any atom is 0.352 e.